The molecular weight excluding hydrogens is 326 g/mol. The summed E-state index contributed by atoms with van der Waals surface area (Å²) in [6.07, 6.45) is -0.195. The summed E-state index contributed by atoms with van der Waals surface area (Å²) in [6, 6.07) is 8.61. The van der Waals surface area contributed by atoms with Gasteiger partial charge in [0.2, 0.25) is 0 Å². The van der Waals surface area contributed by atoms with Crippen LogP contribution >= 0.6 is 11.8 Å². The first kappa shape index (κ1) is 18.2. The van der Waals surface area contributed by atoms with E-state index in [1.54, 1.807) is 30.3 Å². The monoisotopic (exact) mass is 347 g/mol. The normalized spacial score (nSPS) is 12.0. The molecule has 0 spiro atoms. The molecule has 0 aliphatic heterocycles. The fourth-order valence-corrected chi connectivity index (χ4v) is 2.80. The molecule has 24 heavy (non-hydrogen) atoms. The average Bonchev–Trinajstić information content (AvgIpc) is 2.57. The molecule has 6 nitrogen and oxygen atoms in total. The zero-order valence-corrected chi connectivity index (χ0v) is 14.5. The molecule has 0 saturated carbocycles. The summed E-state index contributed by atoms with van der Waals surface area (Å²) in [5.74, 6) is 1.52. The van der Waals surface area contributed by atoms with Gasteiger partial charge in [-0.3, -0.25) is 4.79 Å². The standard InChI is InChI=1S/C17H21N3O3S/c1-3-15(22)12-4-6-14(7-5-12)23-9-13(21)10-24-17-19-11(2)8-16(18)20-17/h4-8,13,21H,3,9-10H2,1-2H3,(H2,18,19,20). The average molecular weight is 347 g/mol. The molecule has 0 aliphatic rings. The first-order valence-electron chi connectivity index (χ1n) is 7.66. The summed E-state index contributed by atoms with van der Waals surface area (Å²) >= 11 is 1.32. The molecular formula is C17H21N3O3S. The van der Waals surface area contributed by atoms with E-state index in [0.717, 1.165) is 5.69 Å². The van der Waals surface area contributed by atoms with Crippen molar-refractivity contribution >= 4 is 23.4 Å². The Kier molecular flexibility index (Phi) is 6.57. The highest BCUT2D eigenvalue weighted by molar-refractivity contribution is 7.99. The van der Waals surface area contributed by atoms with Crippen LogP contribution in [0.4, 0.5) is 5.82 Å². The number of carbonyl (C=O) groups excluding carboxylic acids is 1. The first-order chi connectivity index (χ1) is 11.5. The Balaban J connectivity index is 1.80. The number of nitrogens with two attached hydrogens (primary N) is 1. The SMILES string of the molecule is CCC(=O)c1ccc(OCC(O)CSc2nc(C)cc(N)n2)cc1. The summed E-state index contributed by atoms with van der Waals surface area (Å²) in [4.78, 5) is 19.9. The van der Waals surface area contributed by atoms with Gasteiger partial charge in [-0.1, -0.05) is 18.7 Å². The van der Waals surface area contributed by atoms with Crippen molar-refractivity contribution < 1.29 is 14.6 Å². The van der Waals surface area contributed by atoms with Crippen LogP contribution in [0, 0.1) is 6.92 Å². The number of rotatable bonds is 8. The topological polar surface area (TPSA) is 98.3 Å². The number of aryl methyl sites for hydroxylation is 1. The third-order valence-electron chi connectivity index (χ3n) is 3.20. The molecule has 0 fully saturated rings. The van der Waals surface area contributed by atoms with Crippen LogP contribution in [0.2, 0.25) is 0 Å². The lowest BCUT2D eigenvalue weighted by molar-refractivity contribution is 0.0987. The number of aliphatic hydroxyl groups excluding tert-OH is 1. The highest BCUT2D eigenvalue weighted by atomic mass is 32.2. The van der Waals surface area contributed by atoms with Crippen LogP contribution < -0.4 is 10.5 Å². The summed E-state index contributed by atoms with van der Waals surface area (Å²) in [7, 11) is 0. The zero-order chi connectivity index (χ0) is 17.5. The number of nitrogens with zero attached hydrogens (tertiary/aromatic N) is 2. The van der Waals surface area contributed by atoms with E-state index in [2.05, 4.69) is 9.97 Å². The molecule has 0 aliphatic carbocycles. The van der Waals surface area contributed by atoms with Crippen molar-refractivity contribution in [2.75, 3.05) is 18.1 Å². The van der Waals surface area contributed by atoms with Gasteiger partial charge in [-0.15, -0.1) is 0 Å². The number of ketones is 1. The van der Waals surface area contributed by atoms with Crippen molar-refractivity contribution in [3.05, 3.63) is 41.6 Å². The lowest BCUT2D eigenvalue weighted by Crippen LogP contribution is -2.20. The Morgan fingerprint density at radius 2 is 2.04 bits per heavy atom. The minimum absolute atomic E-state index is 0.0930. The van der Waals surface area contributed by atoms with Crippen molar-refractivity contribution in [2.45, 2.75) is 31.5 Å². The van der Waals surface area contributed by atoms with Crippen LogP contribution in [0.15, 0.2) is 35.5 Å². The molecule has 1 unspecified atom stereocenters. The van der Waals surface area contributed by atoms with Crippen molar-refractivity contribution in [2.24, 2.45) is 0 Å². The van der Waals surface area contributed by atoms with E-state index in [4.69, 9.17) is 10.5 Å². The van der Waals surface area contributed by atoms with Gasteiger partial charge in [0, 0.05) is 29.5 Å². The van der Waals surface area contributed by atoms with Crippen LogP contribution in [-0.4, -0.2) is 39.3 Å². The van der Waals surface area contributed by atoms with Crippen molar-refractivity contribution in [3.8, 4) is 5.75 Å². The second kappa shape index (κ2) is 8.65. The van der Waals surface area contributed by atoms with Gasteiger partial charge < -0.3 is 15.6 Å². The summed E-state index contributed by atoms with van der Waals surface area (Å²) < 4.78 is 5.53. The first-order valence-corrected chi connectivity index (χ1v) is 8.64. The molecule has 0 bridgehead atoms. The molecule has 1 atom stereocenters. The number of nitrogen functional groups attached to an aromatic ring is 1. The van der Waals surface area contributed by atoms with Crippen LogP contribution in [0.5, 0.6) is 5.75 Å². The number of hydrogen-bond donors (Lipinski definition) is 2. The van der Waals surface area contributed by atoms with Crippen LogP contribution in [0.25, 0.3) is 0 Å². The molecule has 2 aromatic rings. The van der Waals surface area contributed by atoms with Crippen LogP contribution in [0.1, 0.15) is 29.4 Å². The summed E-state index contributed by atoms with van der Waals surface area (Å²) in [5.41, 5.74) is 7.12. The van der Waals surface area contributed by atoms with Gasteiger partial charge in [0.1, 0.15) is 18.2 Å². The highest BCUT2D eigenvalue weighted by Crippen LogP contribution is 2.18. The smallest absolute Gasteiger partial charge is 0.189 e. The molecule has 3 N–H and O–H groups in total. The predicted octanol–water partition coefficient (Wildman–Crippen LogP) is 2.49. The Bertz CT molecular complexity index is 672. The Hall–Kier alpha value is -2.12. The van der Waals surface area contributed by atoms with E-state index >= 15 is 0 Å². The molecule has 0 radical (unpaired) electrons. The Morgan fingerprint density at radius 3 is 2.67 bits per heavy atom. The molecule has 0 saturated heterocycles. The number of aromatic nitrogens is 2. The second-order valence-electron chi connectivity index (χ2n) is 5.29. The number of anilines is 1. The van der Waals surface area contributed by atoms with Crippen LogP contribution in [0.3, 0.4) is 0 Å². The van der Waals surface area contributed by atoms with Gasteiger partial charge in [-0.2, -0.15) is 0 Å². The van der Waals surface area contributed by atoms with Gasteiger partial charge in [-0.05, 0) is 31.2 Å². The van der Waals surface area contributed by atoms with Gasteiger partial charge in [0.05, 0.1) is 6.10 Å². The van der Waals surface area contributed by atoms with Crippen LogP contribution in [-0.2, 0) is 0 Å². The third kappa shape index (κ3) is 5.50. The largest absolute Gasteiger partial charge is 0.491 e. The fourth-order valence-electron chi connectivity index (χ4n) is 1.98. The zero-order valence-electron chi connectivity index (χ0n) is 13.7. The second-order valence-corrected chi connectivity index (χ2v) is 6.28. The minimum Gasteiger partial charge on any atom is -0.491 e. The maximum atomic E-state index is 11.6. The highest BCUT2D eigenvalue weighted by Gasteiger charge is 2.09. The molecule has 0 amide bonds. The third-order valence-corrected chi connectivity index (χ3v) is 4.19. The van der Waals surface area contributed by atoms with E-state index in [0.29, 0.717) is 34.5 Å². The van der Waals surface area contributed by atoms with Crippen molar-refractivity contribution in [1.29, 1.82) is 0 Å². The molecule has 1 aromatic carbocycles. The molecule has 128 valence electrons. The number of hydrogen-bond acceptors (Lipinski definition) is 7. The van der Waals surface area contributed by atoms with E-state index in [1.165, 1.54) is 11.8 Å². The van der Waals surface area contributed by atoms with E-state index in [1.807, 2.05) is 13.8 Å². The van der Waals surface area contributed by atoms with Crippen molar-refractivity contribution in [1.82, 2.24) is 9.97 Å². The maximum absolute atomic E-state index is 11.6. The maximum Gasteiger partial charge on any atom is 0.189 e. The van der Waals surface area contributed by atoms with Gasteiger partial charge in [0.15, 0.2) is 10.9 Å². The number of ether oxygens (including phenoxy) is 1. The molecule has 1 aromatic heterocycles. The lowest BCUT2D eigenvalue weighted by atomic mass is 10.1. The summed E-state index contributed by atoms with van der Waals surface area (Å²) in [6.45, 7) is 3.82. The fraction of sp³-hybridized carbons (Fsp3) is 0.353. The number of benzene rings is 1. The number of aliphatic hydroxyl groups is 1. The summed E-state index contributed by atoms with van der Waals surface area (Å²) in [5, 5.41) is 10.5. The minimum atomic E-state index is -0.669. The number of thioether (sulfide) groups is 1. The van der Waals surface area contributed by atoms with Gasteiger partial charge in [0.25, 0.3) is 0 Å². The molecule has 2 rings (SSSR count). The van der Waals surface area contributed by atoms with Crippen molar-refractivity contribution in [3.63, 3.8) is 0 Å². The van der Waals surface area contributed by atoms with E-state index in [9.17, 15) is 9.90 Å². The number of Topliss-reactive ketones (excluding diaryl/α,β-unsaturated/α-hetero) is 1. The van der Waals surface area contributed by atoms with Gasteiger partial charge >= 0.3 is 0 Å². The quantitative estimate of drug-likeness (QED) is 0.430. The Morgan fingerprint density at radius 1 is 1.33 bits per heavy atom. The van der Waals surface area contributed by atoms with E-state index < -0.39 is 6.10 Å². The van der Waals surface area contributed by atoms with E-state index in [-0.39, 0.29) is 12.4 Å². The predicted molar refractivity (Wildman–Crippen MR) is 94.5 cm³/mol. The Labute approximate surface area is 145 Å². The molecule has 1 heterocycles. The number of carbonyl (C=O) groups is 1. The molecule has 7 heteroatoms. The lowest BCUT2D eigenvalue weighted by Gasteiger charge is -2.12. The van der Waals surface area contributed by atoms with Gasteiger partial charge in [-0.25, -0.2) is 9.97 Å².